The minimum atomic E-state index is 0.293. The van der Waals surface area contributed by atoms with E-state index in [1.54, 1.807) is 0 Å². The summed E-state index contributed by atoms with van der Waals surface area (Å²) < 4.78 is 0. The van der Waals surface area contributed by atoms with Crippen LogP contribution in [0.5, 0.6) is 0 Å². The first kappa shape index (κ1) is 12.5. The van der Waals surface area contributed by atoms with Crippen molar-refractivity contribution >= 4 is 0 Å². The minimum absolute atomic E-state index is 0.293. The summed E-state index contributed by atoms with van der Waals surface area (Å²) in [5, 5.41) is 8.64. The van der Waals surface area contributed by atoms with Gasteiger partial charge in [-0.2, -0.15) is 0 Å². The first-order valence-electron chi connectivity index (χ1n) is 4.98. The molecule has 0 aliphatic carbocycles. The van der Waals surface area contributed by atoms with Gasteiger partial charge in [0.05, 0.1) is 6.04 Å². The Morgan fingerprint density at radius 2 is 2.00 bits per heavy atom. The van der Waals surface area contributed by atoms with Crippen molar-refractivity contribution in [2.75, 3.05) is 20.7 Å². The third-order valence-electron chi connectivity index (χ3n) is 1.95. The summed E-state index contributed by atoms with van der Waals surface area (Å²) in [5.74, 6) is 6.32. The Balaban J connectivity index is 3.81. The number of nitrogens with zero attached hydrogens (tertiary/aromatic N) is 1. The summed E-state index contributed by atoms with van der Waals surface area (Å²) in [5.41, 5.74) is 0. The van der Waals surface area contributed by atoms with Crippen molar-refractivity contribution in [3.05, 3.63) is 0 Å². The highest BCUT2D eigenvalue weighted by Gasteiger charge is 2.06. The lowest BCUT2D eigenvalue weighted by molar-refractivity contribution is 0.270. The number of unbranched alkanes of at least 4 members (excludes halogenated alkanes) is 1. The Morgan fingerprint density at radius 1 is 1.31 bits per heavy atom. The van der Waals surface area contributed by atoms with Gasteiger partial charge in [0.1, 0.15) is 0 Å². The quantitative estimate of drug-likeness (QED) is 0.515. The van der Waals surface area contributed by atoms with Crippen LogP contribution < -0.4 is 0 Å². The van der Waals surface area contributed by atoms with Crippen LogP contribution in [0.3, 0.4) is 0 Å². The predicted octanol–water partition coefficient (Wildman–Crippen LogP) is 1.49. The minimum Gasteiger partial charge on any atom is -0.396 e. The summed E-state index contributed by atoms with van der Waals surface area (Å²) in [7, 11) is 4.10. The number of aliphatic hydroxyl groups excluding tert-OH is 1. The van der Waals surface area contributed by atoms with E-state index in [1.165, 1.54) is 0 Å². The molecule has 0 aromatic heterocycles. The van der Waals surface area contributed by atoms with Crippen LogP contribution >= 0.6 is 0 Å². The van der Waals surface area contributed by atoms with E-state index < -0.39 is 0 Å². The fourth-order valence-electron chi connectivity index (χ4n) is 1.13. The average molecular weight is 183 g/mol. The Labute approximate surface area is 81.9 Å². The Kier molecular flexibility index (Phi) is 7.77. The van der Waals surface area contributed by atoms with Crippen LogP contribution in [0.15, 0.2) is 0 Å². The van der Waals surface area contributed by atoms with Gasteiger partial charge in [-0.3, -0.25) is 4.90 Å². The maximum absolute atomic E-state index is 8.64. The highest BCUT2D eigenvalue weighted by atomic mass is 16.2. The van der Waals surface area contributed by atoms with Crippen LogP contribution in [0.4, 0.5) is 0 Å². The standard InChI is InChI=1S/C11H21NO/c1-4-5-8-11(12(2)3)9-6-7-10-13/h11,13H,4,6-7,9-10H2,1-3H3. The molecule has 1 unspecified atom stereocenters. The van der Waals surface area contributed by atoms with Crippen LogP contribution in [0.2, 0.25) is 0 Å². The fourth-order valence-corrected chi connectivity index (χ4v) is 1.13. The largest absolute Gasteiger partial charge is 0.396 e. The number of aliphatic hydroxyl groups is 1. The second-order valence-electron chi connectivity index (χ2n) is 3.37. The summed E-state index contributed by atoms with van der Waals surface area (Å²) in [4.78, 5) is 2.14. The van der Waals surface area contributed by atoms with Gasteiger partial charge in [0, 0.05) is 13.0 Å². The SMILES string of the molecule is CCC#CC(CCCCO)N(C)C. The van der Waals surface area contributed by atoms with Crippen LogP contribution in [-0.2, 0) is 0 Å². The zero-order chi connectivity index (χ0) is 10.1. The van der Waals surface area contributed by atoms with Crippen molar-refractivity contribution in [3.63, 3.8) is 0 Å². The van der Waals surface area contributed by atoms with Crippen LogP contribution in [0.25, 0.3) is 0 Å². The van der Waals surface area contributed by atoms with Crippen molar-refractivity contribution in [2.45, 2.75) is 38.6 Å². The van der Waals surface area contributed by atoms with Gasteiger partial charge >= 0.3 is 0 Å². The van der Waals surface area contributed by atoms with Gasteiger partial charge in [0.15, 0.2) is 0 Å². The summed E-state index contributed by atoms with van der Waals surface area (Å²) in [6, 6.07) is 0.353. The maximum atomic E-state index is 8.64. The van der Waals surface area contributed by atoms with Crippen LogP contribution in [0.1, 0.15) is 32.6 Å². The molecule has 76 valence electrons. The average Bonchev–Trinajstić information content (AvgIpc) is 2.10. The second kappa shape index (κ2) is 8.10. The Hall–Kier alpha value is -0.520. The van der Waals surface area contributed by atoms with E-state index in [1.807, 2.05) is 14.1 Å². The molecule has 0 aliphatic heterocycles. The molecule has 0 saturated carbocycles. The molecule has 0 fully saturated rings. The van der Waals surface area contributed by atoms with Crippen molar-refractivity contribution < 1.29 is 5.11 Å². The number of hydrogen-bond donors (Lipinski definition) is 1. The maximum Gasteiger partial charge on any atom is 0.0709 e. The molecule has 0 spiro atoms. The molecule has 0 rings (SSSR count). The lowest BCUT2D eigenvalue weighted by atomic mass is 10.1. The molecule has 1 N–H and O–H groups in total. The molecule has 2 nitrogen and oxygen atoms in total. The van der Waals surface area contributed by atoms with Crippen molar-refractivity contribution in [1.82, 2.24) is 4.90 Å². The Bertz CT molecular complexity index is 167. The normalized spacial score (nSPS) is 12.4. The molecule has 2 heteroatoms. The molecule has 0 aromatic rings. The van der Waals surface area contributed by atoms with Gasteiger partial charge < -0.3 is 5.11 Å². The first-order valence-corrected chi connectivity index (χ1v) is 4.98. The van der Waals surface area contributed by atoms with Gasteiger partial charge in [0.2, 0.25) is 0 Å². The van der Waals surface area contributed by atoms with Crippen LogP contribution in [-0.4, -0.2) is 36.8 Å². The van der Waals surface area contributed by atoms with Crippen molar-refractivity contribution in [1.29, 1.82) is 0 Å². The van der Waals surface area contributed by atoms with Gasteiger partial charge in [-0.25, -0.2) is 0 Å². The smallest absolute Gasteiger partial charge is 0.0709 e. The van der Waals surface area contributed by atoms with E-state index in [2.05, 4.69) is 23.7 Å². The molecular formula is C11H21NO. The molecule has 0 saturated heterocycles. The number of rotatable bonds is 5. The highest BCUT2D eigenvalue weighted by molar-refractivity contribution is 5.06. The molecule has 0 aliphatic rings. The van der Waals surface area contributed by atoms with Crippen molar-refractivity contribution in [3.8, 4) is 11.8 Å². The molecular weight excluding hydrogens is 162 g/mol. The third-order valence-corrected chi connectivity index (χ3v) is 1.95. The molecule has 0 aromatic carbocycles. The molecule has 0 heterocycles. The predicted molar refractivity (Wildman–Crippen MR) is 56.5 cm³/mol. The van der Waals surface area contributed by atoms with E-state index in [-0.39, 0.29) is 0 Å². The van der Waals surface area contributed by atoms with Gasteiger partial charge in [-0.05, 0) is 33.4 Å². The zero-order valence-electron chi connectivity index (χ0n) is 9.01. The lowest BCUT2D eigenvalue weighted by Crippen LogP contribution is -2.26. The summed E-state index contributed by atoms with van der Waals surface area (Å²) >= 11 is 0. The van der Waals surface area contributed by atoms with E-state index in [0.717, 1.165) is 25.7 Å². The van der Waals surface area contributed by atoms with Crippen LogP contribution in [0, 0.1) is 11.8 Å². The topological polar surface area (TPSA) is 23.5 Å². The highest BCUT2D eigenvalue weighted by Crippen LogP contribution is 2.04. The molecule has 0 bridgehead atoms. The van der Waals surface area contributed by atoms with Gasteiger partial charge in [-0.15, -0.1) is 5.92 Å². The molecule has 0 radical (unpaired) electrons. The summed E-state index contributed by atoms with van der Waals surface area (Å²) in [6.07, 6.45) is 3.92. The third kappa shape index (κ3) is 6.62. The molecule has 1 atom stereocenters. The monoisotopic (exact) mass is 183 g/mol. The van der Waals surface area contributed by atoms with E-state index in [4.69, 9.17) is 5.11 Å². The van der Waals surface area contributed by atoms with E-state index in [9.17, 15) is 0 Å². The fraction of sp³-hybridized carbons (Fsp3) is 0.818. The van der Waals surface area contributed by atoms with E-state index in [0.29, 0.717) is 12.6 Å². The van der Waals surface area contributed by atoms with Gasteiger partial charge in [-0.1, -0.05) is 12.8 Å². The number of hydrogen-bond acceptors (Lipinski definition) is 2. The van der Waals surface area contributed by atoms with Gasteiger partial charge in [0.25, 0.3) is 0 Å². The lowest BCUT2D eigenvalue weighted by Gasteiger charge is -2.18. The second-order valence-corrected chi connectivity index (χ2v) is 3.37. The zero-order valence-corrected chi connectivity index (χ0v) is 9.01. The van der Waals surface area contributed by atoms with E-state index >= 15 is 0 Å². The molecule has 13 heavy (non-hydrogen) atoms. The first-order chi connectivity index (χ1) is 6.22. The Morgan fingerprint density at radius 3 is 2.46 bits per heavy atom. The summed E-state index contributed by atoms with van der Waals surface area (Å²) in [6.45, 7) is 2.36. The van der Waals surface area contributed by atoms with Crippen molar-refractivity contribution in [2.24, 2.45) is 0 Å². The molecule has 0 amide bonds.